The molecular weight excluding hydrogens is 471 g/mol. The third-order valence-electron chi connectivity index (χ3n) is 6.26. The molecule has 172 valence electrons. The Morgan fingerprint density at radius 2 is 1.72 bits per heavy atom. The number of nitrogens with one attached hydrogen (secondary N) is 1. The molecule has 11 heteroatoms. The lowest BCUT2D eigenvalue weighted by Crippen LogP contribution is -2.38. The zero-order valence-corrected chi connectivity index (χ0v) is 18.0. The van der Waals surface area contributed by atoms with E-state index in [2.05, 4.69) is 5.32 Å². The molecule has 0 aliphatic heterocycles. The number of rotatable bonds is 5. The molecule has 2 fully saturated rings. The van der Waals surface area contributed by atoms with Gasteiger partial charge in [0.1, 0.15) is 0 Å². The molecule has 2 aromatic rings. The number of carbonyl (C=O) groups is 1. The van der Waals surface area contributed by atoms with Crippen LogP contribution in [0.5, 0.6) is 0 Å². The fourth-order valence-corrected chi connectivity index (χ4v) is 6.98. The van der Waals surface area contributed by atoms with Gasteiger partial charge in [0.15, 0.2) is 27.3 Å². The van der Waals surface area contributed by atoms with Crippen LogP contribution < -0.4 is 5.32 Å². The highest BCUT2D eigenvalue weighted by molar-refractivity contribution is 7.91. The van der Waals surface area contributed by atoms with Gasteiger partial charge in [0.2, 0.25) is 0 Å². The topological polar surface area (TPSA) is 104 Å². The van der Waals surface area contributed by atoms with Crippen LogP contribution in [0, 0.1) is 35.2 Å². The van der Waals surface area contributed by atoms with Crippen molar-refractivity contribution in [2.45, 2.75) is 29.9 Å². The summed E-state index contributed by atoms with van der Waals surface area (Å²) in [5.41, 5.74) is -0.484. The number of halogens is 4. The van der Waals surface area contributed by atoms with E-state index in [0.29, 0.717) is 25.0 Å². The molecule has 3 N–H and O–H groups in total. The van der Waals surface area contributed by atoms with Gasteiger partial charge in [-0.05, 0) is 48.8 Å². The molecule has 6 nitrogen and oxygen atoms in total. The van der Waals surface area contributed by atoms with Crippen LogP contribution in [0.1, 0.15) is 23.2 Å². The van der Waals surface area contributed by atoms with Gasteiger partial charge in [0.05, 0.1) is 27.9 Å². The molecule has 4 rings (SSSR count). The average Bonchev–Trinajstić information content (AvgIpc) is 3.24. The Balaban J connectivity index is 1.55. The van der Waals surface area contributed by atoms with Gasteiger partial charge in [0.25, 0.3) is 5.91 Å². The second-order valence-electron chi connectivity index (χ2n) is 8.27. The van der Waals surface area contributed by atoms with Crippen molar-refractivity contribution in [3.63, 3.8) is 0 Å². The minimum absolute atomic E-state index is 0.107. The third kappa shape index (κ3) is 4.12. The first kappa shape index (κ1) is 23.0. The van der Waals surface area contributed by atoms with Gasteiger partial charge in [-0.3, -0.25) is 4.79 Å². The molecule has 0 aromatic heterocycles. The van der Waals surface area contributed by atoms with Crippen LogP contribution in [-0.2, 0) is 9.84 Å². The largest absolute Gasteiger partial charge is 0.390 e. The normalized spacial score (nSPS) is 27.0. The second-order valence-corrected chi connectivity index (χ2v) is 10.7. The van der Waals surface area contributed by atoms with Gasteiger partial charge >= 0.3 is 0 Å². The average molecular weight is 490 g/mol. The zero-order chi connectivity index (χ0) is 23.4. The SMILES string of the molecule is O=C(Nc1cc(F)c(F)c(F)c1)c1ccc(Cl)c(S(=O)(=O)C[C@H]2CC3CC2[C@H](O)[C@@H]3O)c1. The molecule has 2 aliphatic rings. The van der Waals surface area contributed by atoms with Crippen LogP contribution in [0.4, 0.5) is 18.9 Å². The van der Waals surface area contributed by atoms with Crippen LogP contribution in [0.2, 0.25) is 5.02 Å². The fraction of sp³-hybridized carbons (Fsp3) is 0.381. The minimum atomic E-state index is -3.96. The summed E-state index contributed by atoms with van der Waals surface area (Å²) in [6.07, 6.45) is -0.820. The van der Waals surface area contributed by atoms with E-state index < -0.39 is 45.4 Å². The van der Waals surface area contributed by atoms with E-state index in [1.165, 1.54) is 12.1 Å². The van der Waals surface area contributed by atoms with Crippen molar-refractivity contribution in [2.75, 3.05) is 11.1 Å². The number of sulfone groups is 1. The zero-order valence-electron chi connectivity index (χ0n) is 16.4. The Bertz CT molecular complexity index is 1170. The van der Waals surface area contributed by atoms with E-state index in [0.717, 1.165) is 6.07 Å². The summed E-state index contributed by atoms with van der Waals surface area (Å²) in [7, 11) is -3.96. The van der Waals surface area contributed by atoms with Crippen LogP contribution in [0.15, 0.2) is 35.2 Å². The van der Waals surface area contributed by atoms with E-state index in [1.54, 1.807) is 0 Å². The lowest BCUT2D eigenvalue weighted by atomic mass is 9.86. The summed E-state index contributed by atoms with van der Waals surface area (Å²) < 4.78 is 65.9. The number of amides is 1. The maximum Gasteiger partial charge on any atom is 0.255 e. The number of carbonyl (C=O) groups excluding carboxylic acids is 1. The summed E-state index contributed by atoms with van der Waals surface area (Å²) in [6.45, 7) is 0. The van der Waals surface area contributed by atoms with Gasteiger partial charge in [-0.2, -0.15) is 0 Å². The summed E-state index contributed by atoms with van der Waals surface area (Å²) in [5, 5.41) is 22.1. The quantitative estimate of drug-likeness (QED) is 0.560. The molecule has 2 bridgehead atoms. The fourth-order valence-electron chi connectivity index (χ4n) is 4.71. The van der Waals surface area contributed by atoms with E-state index in [-0.39, 0.29) is 44.7 Å². The van der Waals surface area contributed by atoms with Gasteiger partial charge in [0, 0.05) is 23.4 Å². The number of aliphatic hydroxyl groups is 2. The van der Waals surface area contributed by atoms with E-state index >= 15 is 0 Å². The van der Waals surface area contributed by atoms with Crippen molar-refractivity contribution < 1.29 is 36.6 Å². The van der Waals surface area contributed by atoms with Crippen LogP contribution in [0.25, 0.3) is 0 Å². The highest BCUT2D eigenvalue weighted by Crippen LogP contribution is 2.49. The molecule has 2 aliphatic carbocycles. The highest BCUT2D eigenvalue weighted by atomic mass is 35.5. The van der Waals surface area contributed by atoms with Crippen LogP contribution in [-0.4, -0.2) is 42.5 Å². The standard InChI is InChI=1S/C21H19ClF3NO5S/c22-14-2-1-9(21(29)26-12-6-15(23)18(25)16(24)7-12)5-17(14)32(30,31)8-11-3-10-4-13(11)20(28)19(10)27/h1-2,5-7,10-11,13,19-20,27-28H,3-4,8H2,(H,26,29)/t10?,11-,13?,19-,20+/m1/s1. The number of benzene rings is 2. The number of aliphatic hydroxyl groups excluding tert-OH is 2. The van der Waals surface area contributed by atoms with Crippen LogP contribution in [0.3, 0.4) is 0 Å². The van der Waals surface area contributed by atoms with Crippen molar-refractivity contribution in [1.82, 2.24) is 0 Å². The van der Waals surface area contributed by atoms with Crippen molar-refractivity contribution in [3.05, 3.63) is 58.4 Å². The van der Waals surface area contributed by atoms with E-state index in [9.17, 15) is 36.6 Å². The molecule has 0 radical (unpaired) electrons. The minimum Gasteiger partial charge on any atom is -0.390 e. The molecule has 0 heterocycles. The van der Waals surface area contributed by atoms with Gasteiger partial charge in [-0.15, -0.1) is 0 Å². The van der Waals surface area contributed by atoms with Gasteiger partial charge in [-0.25, -0.2) is 21.6 Å². The Kier molecular flexibility index (Phi) is 6.00. The van der Waals surface area contributed by atoms with Crippen molar-refractivity contribution in [2.24, 2.45) is 17.8 Å². The van der Waals surface area contributed by atoms with E-state index in [4.69, 9.17) is 11.6 Å². The first-order chi connectivity index (χ1) is 15.0. The summed E-state index contributed by atoms with van der Waals surface area (Å²) >= 11 is 6.08. The third-order valence-corrected chi connectivity index (χ3v) is 8.58. The first-order valence-corrected chi connectivity index (χ1v) is 11.9. The van der Waals surface area contributed by atoms with E-state index in [1.807, 2.05) is 0 Å². The van der Waals surface area contributed by atoms with Crippen LogP contribution >= 0.6 is 11.6 Å². The molecule has 32 heavy (non-hydrogen) atoms. The number of anilines is 1. The second kappa shape index (κ2) is 8.33. The maximum absolute atomic E-state index is 13.4. The van der Waals surface area contributed by atoms with Crippen molar-refractivity contribution in [1.29, 1.82) is 0 Å². The molecule has 1 amide bonds. The van der Waals surface area contributed by atoms with Gasteiger partial charge in [-0.1, -0.05) is 11.6 Å². The highest BCUT2D eigenvalue weighted by Gasteiger charge is 2.52. The monoisotopic (exact) mass is 489 g/mol. The predicted molar refractivity (Wildman–Crippen MR) is 109 cm³/mol. The molecule has 2 unspecified atom stereocenters. The summed E-state index contributed by atoms with van der Waals surface area (Å²) in [5.74, 6) is -6.68. The molecular formula is C21H19ClF3NO5S. The Morgan fingerprint density at radius 3 is 2.31 bits per heavy atom. The molecule has 2 aromatic carbocycles. The molecule has 0 spiro atoms. The number of hydrogen-bond donors (Lipinski definition) is 3. The Hall–Kier alpha value is -2.14. The summed E-state index contributed by atoms with van der Waals surface area (Å²) in [6, 6.07) is 4.71. The lowest BCUT2D eigenvalue weighted by molar-refractivity contribution is -0.0304. The summed E-state index contributed by atoms with van der Waals surface area (Å²) in [4.78, 5) is 12.2. The number of hydrogen-bond acceptors (Lipinski definition) is 5. The lowest BCUT2D eigenvalue weighted by Gasteiger charge is -2.29. The Morgan fingerprint density at radius 1 is 1.06 bits per heavy atom. The Labute approximate surface area is 186 Å². The predicted octanol–water partition coefficient (Wildman–Crippen LogP) is 3.16. The van der Waals surface area contributed by atoms with Gasteiger partial charge < -0.3 is 15.5 Å². The first-order valence-electron chi connectivity index (χ1n) is 9.82. The number of fused-ring (bicyclic) bond motifs is 2. The molecule has 5 atom stereocenters. The van der Waals surface area contributed by atoms with Crippen molar-refractivity contribution in [3.8, 4) is 0 Å². The smallest absolute Gasteiger partial charge is 0.255 e. The molecule has 2 saturated carbocycles. The van der Waals surface area contributed by atoms with Crippen molar-refractivity contribution >= 4 is 33.0 Å². The maximum atomic E-state index is 13.4. The molecule has 0 saturated heterocycles.